The molecule has 2 heterocycles. The fourth-order valence-electron chi connectivity index (χ4n) is 2.89. The molecule has 1 aliphatic rings. The van der Waals surface area contributed by atoms with Crippen molar-refractivity contribution in [3.8, 4) is 0 Å². The Morgan fingerprint density at radius 1 is 1.29 bits per heavy atom. The number of carbonyl (C=O) groups excluding carboxylic acids is 2. The Bertz CT molecular complexity index is 705. The van der Waals surface area contributed by atoms with E-state index in [0.29, 0.717) is 19.0 Å². The molecule has 24 heavy (non-hydrogen) atoms. The first kappa shape index (κ1) is 16.3. The molecule has 5 nitrogen and oxygen atoms in total. The summed E-state index contributed by atoms with van der Waals surface area (Å²) in [7, 11) is 0. The Labute approximate surface area is 141 Å². The average molecular weight is 326 g/mol. The van der Waals surface area contributed by atoms with E-state index in [4.69, 9.17) is 4.42 Å². The molecule has 1 aromatic carbocycles. The van der Waals surface area contributed by atoms with E-state index in [2.05, 4.69) is 19.2 Å². The van der Waals surface area contributed by atoms with Gasteiger partial charge in [0.05, 0.1) is 18.7 Å². The monoisotopic (exact) mass is 326 g/mol. The minimum absolute atomic E-state index is 0.0123. The van der Waals surface area contributed by atoms with E-state index >= 15 is 0 Å². The Kier molecular flexibility index (Phi) is 4.69. The van der Waals surface area contributed by atoms with E-state index in [9.17, 15) is 9.59 Å². The number of anilines is 1. The maximum Gasteiger partial charge on any atom is 0.229 e. The van der Waals surface area contributed by atoms with Crippen LogP contribution in [0.3, 0.4) is 0 Å². The molecule has 5 heteroatoms. The van der Waals surface area contributed by atoms with Gasteiger partial charge in [0.15, 0.2) is 0 Å². The summed E-state index contributed by atoms with van der Waals surface area (Å²) in [5.41, 5.74) is 2.00. The summed E-state index contributed by atoms with van der Waals surface area (Å²) < 4.78 is 5.27. The van der Waals surface area contributed by atoms with Crippen LogP contribution in [-0.4, -0.2) is 23.3 Å². The third-order valence-electron chi connectivity index (χ3n) is 4.36. The molecule has 0 saturated carbocycles. The van der Waals surface area contributed by atoms with E-state index in [-0.39, 0.29) is 24.2 Å². The topological polar surface area (TPSA) is 62.6 Å². The summed E-state index contributed by atoms with van der Waals surface area (Å²) in [6, 6.07) is 11.5. The predicted octanol–water partition coefficient (Wildman–Crippen LogP) is 3.39. The molecule has 0 radical (unpaired) electrons. The molecule has 0 spiro atoms. The molecule has 0 bridgehead atoms. The van der Waals surface area contributed by atoms with Crippen molar-refractivity contribution in [3.05, 3.63) is 54.0 Å². The highest BCUT2D eigenvalue weighted by molar-refractivity contribution is 5.97. The highest BCUT2D eigenvalue weighted by Crippen LogP contribution is 2.23. The summed E-state index contributed by atoms with van der Waals surface area (Å²) in [5, 5.41) is 2.91. The Hall–Kier alpha value is -2.56. The SMILES string of the molecule is CC(C)c1ccc(NC(=O)[C@@H]2CC(=O)N(Cc3ccco3)C2)cc1. The van der Waals surface area contributed by atoms with Crippen molar-refractivity contribution in [3.63, 3.8) is 0 Å². The van der Waals surface area contributed by atoms with Gasteiger partial charge >= 0.3 is 0 Å². The Balaban J connectivity index is 1.58. The number of carbonyl (C=O) groups is 2. The van der Waals surface area contributed by atoms with Gasteiger partial charge in [0.25, 0.3) is 0 Å². The van der Waals surface area contributed by atoms with Crippen molar-refractivity contribution in [2.24, 2.45) is 5.92 Å². The van der Waals surface area contributed by atoms with E-state index in [0.717, 1.165) is 11.4 Å². The Morgan fingerprint density at radius 2 is 2.04 bits per heavy atom. The molecule has 1 saturated heterocycles. The first-order chi connectivity index (χ1) is 11.5. The molecular weight excluding hydrogens is 304 g/mol. The van der Waals surface area contributed by atoms with E-state index in [1.165, 1.54) is 5.56 Å². The van der Waals surface area contributed by atoms with Crippen LogP contribution in [0.25, 0.3) is 0 Å². The number of nitrogens with one attached hydrogen (secondary N) is 1. The standard InChI is InChI=1S/C19H22N2O3/c1-13(2)14-5-7-16(8-6-14)20-19(23)15-10-18(22)21(11-15)12-17-4-3-9-24-17/h3-9,13,15H,10-12H2,1-2H3,(H,20,23)/t15-/m1/s1. The van der Waals surface area contributed by atoms with Crippen molar-refractivity contribution < 1.29 is 14.0 Å². The van der Waals surface area contributed by atoms with Crippen LogP contribution >= 0.6 is 0 Å². The summed E-state index contributed by atoms with van der Waals surface area (Å²) >= 11 is 0. The number of benzene rings is 1. The minimum Gasteiger partial charge on any atom is -0.467 e. The molecular formula is C19H22N2O3. The third kappa shape index (κ3) is 3.67. The first-order valence-corrected chi connectivity index (χ1v) is 8.24. The van der Waals surface area contributed by atoms with Gasteiger partial charge in [-0.15, -0.1) is 0 Å². The largest absolute Gasteiger partial charge is 0.467 e. The van der Waals surface area contributed by atoms with Gasteiger partial charge in [0, 0.05) is 18.7 Å². The lowest BCUT2D eigenvalue weighted by molar-refractivity contribution is -0.128. The average Bonchev–Trinajstić information content (AvgIpc) is 3.19. The highest BCUT2D eigenvalue weighted by Gasteiger charge is 2.34. The van der Waals surface area contributed by atoms with Crippen LogP contribution in [0.15, 0.2) is 47.1 Å². The molecule has 2 aromatic rings. The van der Waals surface area contributed by atoms with Crippen LogP contribution in [0, 0.1) is 5.92 Å². The summed E-state index contributed by atoms with van der Waals surface area (Å²) in [5.74, 6) is 0.743. The molecule has 3 rings (SSSR count). The molecule has 1 aromatic heterocycles. The highest BCUT2D eigenvalue weighted by atomic mass is 16.3. The number of hydrogen-bond acceptors (Lipinski definition) is 3. The van der Waals surface area contributed by atoms with Crippen molar-refractivity contribution in [1.29, 1.82) is 0 Å². The van der Waals surface area contributed by atoms with Crippen LogP contribution in [0.5, 0.6) is 0 Å². The van der Waals surface area contributed by atoms with Crippen molar-refractivity contribution >= 4 is 17.5 Å². The van der Waals surface area contributed by atoms with Gasteiger partial charge in [-0.3, -0.25) is 9.59 Å². The number of furan rings is 1. The van der Waals surface area contributed by atoms with Gasteiger partial charge in [-0.2, -0.15) is 0 Å². The molecule has 126 valence electrons. The zero-order chi connectivity index (χ0) is 17.1. The number of nitrogens with zero attached hydrogens (tertiary/aromatic N) is 1. The normalized spacial score (nSPS) is 17.5. The van der Waals surface area contributed by atoms with Crippen molar-refractivity contribution in [1.82, 2.24) is 4.90 Å². The van der Waals surface area contributed by atoms with Crippen LogP contribution < -0.4 is 5.32 Å². The zero-order valence-electron chi connectivity index (χ0n) is 14.0. The lowest BCUT2D eigenvalue weighted by Crippen LogP contribution is -2.27. The van der Waals surface area contributed by atoms with Crippen LogP contribution in [0.2, 0.25) is 0 Å². The maximum absolute atomic E-state index is 12.4. The smallest absolute Gasteiger partial charge is 0.229 e. The Morgan fingerprint density at radius 3 is 2.67 bits per heavy atom. The van der Waals surface area contributed by atoms with Crippen molar-refractivity contribution in [2.45, 2.75) is 32.7 Å². The van der Waals surface area contributed by atoms with Gasteiger partial charge in [-0.1, -0.05) is 26.0 Å². The predicted molar refractivity (Wildman–Crippen MR) is 91.4 cm³/mol. The number of amides is 2. The van der Waals surface area contributed by atoms with Gasteiger partial charge in [0.2, 0.25) is 11.8 Å². The number of hydrogen-bond donors (Lipinski definition) is 1. The van der Waals surface area contributed by atoms with Gasteiger partial charge in [0.1, 0.15) is 5.76 Å². The molecule has 0 unspecified atom stereocenters. The van der Waals surface area contributed by atoms with E-state index in [1.807, 2.05) is 30.3 Å². The summed E-state index contributed by atoms with van der Waals surface area (Å²) in [6.45, 7) is 5.10. The number of rotatable bonds is 5. The summed E-state index contributed by atoms with van der Waals surface area (Å²) in [6.07, 6.45) is 1.83. The second-order valence-corrected chi connectivity index (χ2v) is 6.52. The molecule has 1 fully saturated rings. The van der Waals surface area contributed by atoms with Crippen LogP contribution in [0.4, 0.5) is 5.69 Å². The summed E-state index contributed by atoms with van der Waals surface area (Å²) in [4.78, 5) is 26.2. The van der Waals surface area contributed by atoms with E-state index < -0.39 is 0 Å². The molecule has 0 aliphatic carbocycles. The van der Waals surface area contributed by atoms with Crippen LogP contribution in [-0.2, 0) is 16.1 Å². The van der Waals surface area contributed by atoms with Crippen molar-refractivity contribution in [2.75, 3.05) is 11.9 Å². The minimum atomic E-state index is -0.322. The number of likely N-dealkylation sites (tertiary alicyclic amines) is 1. The van der Waals surface area contributed by atoms with Gasteiger partial charge in [-0.25, -0.2) is 0 Å². The van der Waals surface area contributed by atoms with Crippen LogP contribution in [0.1, 0.15) is 37.5 Å². The van der Waals surface area contributed by atoms with Gasteiger partial charge < -0.3 is 14.6 Å². The molecule has 1 aliphatic heterocycles. The second kappa shape index (κ2) is 6.91. The fourth-order valence-corrected chi connectivity index (χ4v) is 2.89. The molecule has 1 N–H and O–H groups in total. The molecule has 1 atom stereocenters. The van der Waals surface area contributed by atoms with Gasteiger partial charge in [-0.05, 0) is 35.7 Å². The third-order valence-corrected chi connectivity index (χ3v) is 4.36. The fraction of sp³-hybridized carbons (Fsp3) is 0.368. The first-order valence-electron chi connectivity index (χ1n) is 8.24. The zero-order valence-corrected chi connectivity index (χ0v) is 14.0. The molecule has 2 amide bonds. The second-order valence-electron chi connectivity index (χ2n) is 6.52. The maximum atomic E-state index is 12.4. The lowest BCUT2D eigenvalue weighted by atomic mass is 10.0. The lowest BCUT2D eigenvalue weighted by Gasteiger charge is -2.15. The van der Waals surface area contributed by atoms with E-state index in [1.54, 1.807) is 17.2 Å². The quantitative estimate of drug-likeness (QED) is 0.916.